The fourth-order valence-corrected chi connectivity index (χ4v) is 2.71. The molecule has 1 aromatic heterocycles. The second-order valence-electron chi connectivity index (χ2n) is 4.12. The van der Waals surface area contributed by atoms with Crippen LogP contribution in [0.2, 0.25) is 0 Å². The molecule has 0 N–H and O–H groups in total. The first kappa shape index (κ1) is 10.0. The van der Waals surface area contributed by atoms with E-state index >= 15 is 0 Å². The molecule has 0 spiro atoms. The summed E-state index contributed by atoms with van der Waals surface area (Å²) < 4.78 is 3.28. The standard InChI is InChI=1S/C9H15IN2/c1-6-7(10)8(9(2,3)4)12(5)11-6/h1-5H3. The van der Waals surface area contributed by atoms with Crippen molar-refractivity contribution in [2.24, 2.45) is 7.05 Å². The Morgan fingerprint density at radius 1 is 1.33 bits per heavy atom. The molecule has 0 unspecified atom stereocenters. The predicted octanol–water partition coefficient (Wildman–Crippen LogP) is 2.63. The van der Waals surface area contributed by atoms with Gasteiger partial charge in [-0.3, -0.25) is 4.68 Å². The van der Waals surface area contributed by atoms with Gasteiger partial charge < -0.3 is 0 Å². The van der Waals surface area contributed by atoms with Gasteiger partial charge in [0, 0.05) is 12.5 Å². The van der Waals surface area contributed by atoms with Crippen molar-refractivity contribution in [3.63, 3.8) is 0 Å². The van der Waals surface area contributed by atoms with E-state index in [0.717, 1.165) is 5.69 Å². The van der Waals surface area contributed by atoms with E-state index in [2.05, 4.69) is 55.4 Å². The Morgan fingerprint density at radius 3 is 2.00 bits per heavy atom. The topological polar surface area (TPSA) is 17.8 Å². The minimum Gasteiger partial charge on any atom is -0.271 e. The molecular formula is C9H15IN2. The summed E-state index contributed by atoms with van der Waals surface area (Å²) in [5.74, 6) is 0. The fourth-order valence-electron chi connectivity index (χ4n) is 1.45. The largest absolute Gasteiger partial charge is 0.271 e. The molecule has 0 fully saturated rings. The van der Waals surface area contributed by atoms with Gasteiger partial charge in [-0.2, -0.15) is 5.10 Å². The third-order valence-corrected chi connectivity index (χ3v) is 3.15. The van der Waals surface area contributed by atoms with Gasteiger partial charge in [-0.1, -0.05) is 20.8 Å². The third kappa shape index (κ3) is 1.65. The maximum Gasteiger partial charge on any atom is 0.0730 e. The van der Waals surface area contributed by atoms with Crippen molar-refractivity contribution in [1.82, 2.24) is 9.78 Å². The summed E-state index contributed by atoms with van der Waals surface area (Å²) in [6.07, 6.45) is 0. The Balaban J connectivity index is 3.32. The molecule has 0 aromatic carbocycles. The normalized spacial score (nSPS) is 12.2. The molecule has 0 bridgehead atoms. The molecule has 1 aromatic rings. The van der Waals surface area contributed by atoms with Crippen LogP contribution < -0.4 is 0 Å². The van der Waals surface area contributed by atoms with Crippen LogP contribution >= 0.6 is 22.6 Å². The Hall–Kier alpha value is -0.0600. The minimum atomic E-state index is 0.187. The zero-order valence-corrected chi connectivity index (χ0v) is 10.4. The number of aromatic nitrogens is 2. The molecule has 2 nitrogen and oxygen atoms in total. The lowest BCUT2D eigenvalue weighted by molar-refractivity contribution is 0.520. The lowest BCUT2D eigenvalue weighted by Crippen LogP contribution is -2.17. The van der Waals surface area contributed by atoms with Gasteiger partial charge in [-0.25, -0.2) is 0 Å². The minimum absolute atomic E-state index is 0.187. The Kier molecular flexibility index (Phi) is 2.52. The molecule has 0 radical (unpaired) electrons. The van der Waals surface area contributed by atoms with E-state index in [4.69, 9.17) is 0 Å². The molecule has 1 heterocycles. The summed E-state index contributed by atoms with van der Waals surface area (Å²) in [5.41, 5.74) is 2.63. The molecule has 68 valence electrons. The highest BCUT2D eigenvalue weighted by Gasteiger charge is 2.22. The Morgan fingerprint density at radius 2 is 1.83 bits per heavy atom. The number of hydrogen-bond donors (Lipinski definition) is 0. The van der Waals surface area contributed by atoms with E-state index in [1.165, 1.54) is 9.26 Å². The quantitative estimate of drug-likeness (QED) is 0.667. The van der Waals surface area contributed by atoms with Crippen LogP contribution in [0.1, 0.15) is 32.2 Å². The summed E-state index contributed by atoms with van der Waals surface area (Å²) in [5, 5.41) is 4.39. The van der Waals surface area contributed by atoms with Gasteiger partial charge >= 0.3 is 0 Å². The van der Waals surface area contributed by atoms with Gasteiger partial charge in [-0.05, 0) is 29.5 Å². The first-order valence-corrected chi connectivity index (χ1v) is 5.11. The number of aryl methyl sites for hydroxylation is 2. The van der Waals surface area contributed by atoms with Crippen LogP contribution in [0, 0.1) is 10.5 Å². The number of hydrogen-bond acceptors (Lipinski definition) is 1. The van der Waals surface area contributed by atoms with Crippen molar-refractivity contribution in [3.05, 3.63) is 15.0 Å². The van der Waals surface area contributed by atoms with E-state index in [1.807, 2.05) is 11.7 Å². The second kappa shape index (κ2) is 3.01. The van der Waals surface area contributed by atoms with Crippen LogP contribution in [0.5, 0.6) is 0 Å². The lowest BCUT2D eigenvalue weighted by Gasteiger charge is -2.19. The SMILES string of the molecule is Cc1nn(C)c(C(C)(C)C)c1I. The highest BCUT2D eigenvalue weighted by Crippen LogP contribution is 2.28. The van der Waals surface area contributed by atoms with Gasteiger partial charge in [0.05, 0.1) is 15.0 Å². The summed E-state index contributed by atoms with van der Waals surface area (Å²) >= 11 is 2.37. The van der Waals surface area contributed by atoms with Crippen molar-refractivity contribution in [3.8, 4) is 0 Å². The zero-order chi connectivity index (χ0) is 9.52. The molecule has 12 heavy (non-hydrogen) atoms. The summed E-state index contributed by atoms with van der Waals surface area (Å²) in [4.78, 5) is 0. The predicted molar refractivity (Wildman–Crippen MR) is 59.4 cm³/mol. The summed E-state index contributed by atoms with van der Waals surface area (Å²) in [6.45, 7) is 8.69. The number of nitrogens with zero attached hydrogens (tertiary/aromatic N) is 2. The van der Waals surface area contributed by atoms with E-state index < -0.39 is 0 Å². The van der Waals surface area contributed by atoms with Crippen LogP contribution in [-0.2, 0) is 12.5 Å². The number of rotatable bonds is 0. The van der Waals surface area contributed by atoms with E-state index in [9.17, 15) is 0 Å². The van der Waals surface area contributed by atoms with Crippen molar-refractivity contribution >= 4 is 22.6 Å². The third-order valence-electron chi connectivity index (χ3n) is 1.86. The maximum absolute atomic E-state index is 4.39. The fraction of sp³-hybridized carbons (Fsp3) is 0.667. The Labute approximate surface area is 87.5 Å². The highest BCUT2D eigenvalue weighted by molar-refractivity contribution is 14.1. The Bertz CT molecular complexity index is 294. The van der Waals surface area contributed by atoms with Crippen molar-refractivity contribution in [1.29, 1.82) is 0 Å². The van der Waals surface area contributed by atoms with Gasteiger partial charge in [0.1, 0.15) is 0 Å². The van der Waals surface area contributed by atoms with Crippen LogP contribution in [0.4, 0.5) is 0 Å². The molecule has 0 aliphatic rings. The van der Waals surface area contributed by atoms with Crippen LogP contribution in [0.15, 0.2) is 0 Å². The van der Waals surface area contributed by atoms with E-state index in [0.29, 0.717) is 0 Å². The first-order chi connectivity index (χ1) is 5.34. The second-order valence-corrected chi connectivity index (χ2v) is 5.20. The van der Waals surface area contributed by atoms with Crippen molar-refractivity contribution in [2.45, 2.75) is 33.1 Å². The zero-order valence-electron chi connectivity index (χ0n) is 8.27. The first-order valence-electron chi connectivity index (χ1n) is 4.03. The van der Waals surface area contributed by atoms with E-state index in [-0.39, 0.29) is 5.41 Å². The summed E-state index contributed by atoms with van der Waals surface area (Å²) in [6, 6.07) is 0. The molecule has 3 heteroatoms. The van der Waals surface area contributed by atoms with Crippen LogP contribution in [-0.4, -0.2) is 9.78 Å². The molecule has 0 aliphatic carbocycles. The molecule has 0 amide bonds. The smallest absolute Gasteiger partial charge is 0.0730 e. The van der Waals surface area contributed by atoms with Gasteiger partial charge in [0.2, 0.25) is 0 Å². The van der Waals surface area contributed by atoms with Crippen LogP contribution in [0.25, 0.3) is 0 Å². The number of halogens is 1. The van der Waals surface area contributed by atoms with Crippen molar-refractivity contribution < 1.29 is 0 Å². The molecule has 0 saturated carbocycles. The van der Waals surface area contributed by atoms with E-state index in [1.54, 1.807) is 0 Å². The summed E-state index contributed by atoms with van der Waals surface area (Å²) in [7, 11) is 2.01. The van der Waals surface area contributed by atoms with Gasteiger partial charge in [0.25, 0.3) is 0 Å². The van der Waals surface area contributed by atoms with Crippen molar-refractivity contribution in [2.75, 3.05) is 0 Å². The average Bonchev–Trinajstić information content (AvgIpc) is 2.05. The molecule has 0 aliphatic heterocycles. The molecule has 1 rings (SSSR count). The van der Waals surface area contributed by atoms with Gasteiger partial charge in [-0.15, -0.1) is 0 Å². The lowest BCUT2D eigenvalue weighted by atomic mass is 9.92. The van der Waals surface area contributed by atoms with Gasteiger partial charge in [0.15, 0.2) is 0 Å². The molecule has 0 atom stereocenters. The average molecular weight is 278 g/mol. The van der Waals surface area contributed by atoms with Crippen LogP contribution in [0.3, 0.4) is 0 Å². The highest BCUT2D eigenvalue weighted by atomic mass is 127. The molecular weight excluding hydrogens is 263 g/mol. The monoisotopic (exact) mass is 278 g/mol. The molecule has 0 saturated heterocycles. The maximum atomic E-state index is 4.39.